The molecule has 1 aliphatic rings. The molecule has 0 bridgehead atoms. The van der Waals surface area contributed by atoms with Crippen molar-refractivity contribution < 1.29 is 4.74 Å². The lowest BCUT2D eigenvalue weighted by Gasteiger charge is -2.28. The maximum Gasteiger partial charge on any atom is 0.0956 e. The Balaban J connectivity index is 2.06. The predicted molar refractivity (Wildman–Crippen MR) is 78.7 cm³/mol. The highest BCUT2D eigenvalue weighted by atomic mass is 79.9. The molecule has 1 unspecified atom stereocenters. The third kappa shape index (κ3) is 4.71. The molecule has 2 rings (SSSR count). The van der Waals surface area contributed by atoms with Gasteiger partial charge in [0.2, 0.25) is 0 Å². The fourth-order valence-electron chi connectivity index (χ4n) is 1.92. The molecular weight excluding hydrogens is 290 g/mol. The van der Waals surface area contributed by atoms with Crippen LogP contribution in [0, 0.1) is 0 Å². The first-order chi connectivity index (χ1) is 8.44. The van der Waals surface area contributed by atoms with Crippen LogP contribution in [0.1, 0.15) is 45.3 Å². The molecule has 0 heterocycles. The normalized spacial score (nSPS) is 17.8. The minimum atomic E-state index is -0.127. The Morgan fingerprint density at radius 2 is 2.11 bits per heavy atom. The lowest BCUT2D eigenvalue weighted by molar-refractivity contribution is -0.0607. The summed E-state index contributed by atoms with van der Waals surface area (Å²) in [7, 11) is 0. The Bertz CT molecular complexity index is 396. The third-order valence-electron chi connectivity index (χ3n) is 2.89. The summed E-state index contributed by atoms with van der Waals surface area (Å²) in [5, 5.41) is 3.56. The van der Waals surface area contributed by atoms with Crippen LogP contribution in [-0.4, -0.2) is 18.2 Å². The minimum absolute atomic E-state index is 0.114. The maximum absolute atomic E-state index is 6.17. The summed E-state index contributed by atoms with van der Waals surface area (Å²) >= 11 is 3.53. The molecule has 100 valence electrons. The van der Waals surface area contributed by atoms with E-state index in [1.54, 1.807) is 0 Å². The molecule has 1 fully saturated rings. The molecule has 0 radical (unpaired) electrons. The average Bonchev–Trinajstić information content (AvgIpc) is 3.06. The van der Waals surface area contributed by atoms with Crippen molar-refractivity contribution in [3.63, 3.8) is 0 Å². The van der Waals surface area contributed by atoms with E-state index >= 15 is 0 Å². The van der Waals surface area contributed by atoms with Gasteiger partial charge in [0, 0.05) is 17.1 Å². The van der Waals surface area contributed by atoms with E-state index in [1.165, 1.54) is 18.4 Å². The standard InChI is InChI=1S/C15H22BrNO/c1-15(2,3)18-14(10-17-13-7-8-13)11-5-4-6-12(16)9-11/h4-6,9,13-14,17H,7-8,10H2,1-3H3. The number of hydrogen-bond donors (Lipinski definition) is 1. The first-order valence-electron chi connectivity index (χ1n) is 6.61. The van der Waals surface area contributed by atoms with Crippen molar-refractivity contribution in [2.75, 3.05) is 6.54 Å². The molecule has 1 saturated carbocycles. The molecule has 0 amide bonds. The predicted octanol–water partition coefficient (Wildman–Crippen LogP) is 4.06. The van der Waals surface area contributed by atoms with E-state index in [2.05, 4.69) is 60.2 Å². The van der Waals surface area contributed by atoms with E-state index in [0.717, 1.165) is 11.0 Å². The highest BCUT2D eigenvalue weighted by Gasteiger charge is 2.25. The van der Waals surface area contributed by atoms with Gasteiger partial charge in [-0.1, -0.05) is 28.1 Å². The van der Waals surface area contributed by atoms with Crippen molar-refractivity contribution in [1.82, 2.24) is 5.32 Å². The van der Waals surface area contributed by atoms with Crippen LogP contribution < -0.4 is 5.32 Å². The topological polar surface area (TPSA) is 21.3 Å². The quantitative estimate of drug-likeness (QED) is 0.885. The summed E-state index contributed by atoms with van der Waals surface area (Å²) in [6.07, 6.45) is 2.73. The third-order valence-corrected chi connectivity index (χ3v) is 3.38. The number of nitrogens with one attached hydrogen (secondary N) is 1. The van der Waals surface area contributed by atoms with Gasteiger partial charge in [-0.05, 0) is 51.3 Å². The van der Waals surface area contributed by atoms with Crippen molar-refractivity contribution in [1.29, 1.82) is 0 Å². The number of benzene rings is 1. The van der Waals surface area contributed by atoms with Crippen LogP contribution in [0.15, 0.2) is 28.7 Å². The fourth-order valence-corrected chi connectivity index (χ4v) is 2.34. The number of halogens is 1. The Labute approximate surface area is 118 Å². The van der Waals surface area contributed by atoms with Gasteiger partial charge in [-0.2, -0.15) is 0 Å². The van der Waals surface area contributed by atoms with Crippen LogP contribution in [-0.2, 0) is 4.74 Å². The molecule has 1 atom stereocenters. The molecule has 2 nitrogen and oxygen atoms in total. The molecule has 18 heavy (non-hydrogen) atoms. The summed E-state index contributed by atoms with van der Waals surface area (Å²) in [4.78, 5) is 0. The molecule has 0 saturated heterocycles. The molecule has 1 N–H and O–H groups in total. The summed E-state index contributed by atoms with van der Waals surface area (Å²) < 4.78 is 7.28. The Kier molecular flexibility index (Phi) is 4.46. The Morgan fingerprint density at radius 1 is 1.39 bits per heavy atom. The van der Waals surface area contributed by atoms with Crippen LogP contribution in [0.4, 0.5) is 0 Å². The van der Waals surface area contributed by atoms with Crippen molar-refractivity contribution in [2.24, 2.45) is 0 Å². The first-order valence-corrected chi connectivity index (χ1v) is 7.40. The molecule has 0 aliphatic heterocycles. The molecule has 1 aliphatic carbocycles. The van der Waals surface area contributed by atoms with Gasteiger partial charge in [0.15, 0.2) is 0 Å². The number of rotatable bonds is 5. The van der Waals surface area contributed by atoms with Gasteiger partial charge in [-0.3, -0.25) is 0 Å². The summed E-state index contributed by atoms with van der Waals surface area (Å²) in [5.41, 5.74) is 1.10. The largest absolute Gasteiger partial charge is 0.367 e. The SMILES string of the molecule is CC(C)(C)OC(CNC1CC1)c1cccc(Br)c1. The van der Waals surface area contributed by atoms with E-state index in [-0.39, 0.29) is 11.7 Å². The highest BCUT2D eigenvalue weighted by Crippen LogP contribution is 2.27. The zero-order valence-corrected chi connectivity index (χ0v) is 13.0. The van der Waals surface area contributed by atoms with Crippen molar-refractivity contribution in [3.05, 3.63) is 34.3 Å². The van der Waals surface area contributed by atoms with Crippen LogP contribution >= 0.6 is 15.9 Å². The van der Waals surface area contributed by atoms with Gasteiger partial charge in [0.05, 0.1) is 11.7 Å². The molecule has 0 aromatic heterocycles. The smallest absolute Gasteiger partial charge is 0.0956 e. The monoisotopic (exact) mass is 311 g/mol. The second-order valence-corrected chi connectivity index (χ2v) is 6.87. The molecule has 1 aromatic carbocycles. The first kappa shape index (κ1) is 14.0. The zero-order valence-electron chi connectivity index (χ0n) is 11.4. The number of ether oxygens (including phenoxy) is 1. The number of hydrogen-bond acceptors (Lipinski definition) is 2. The van der Waals surface area contributed by atoms with Gasteiger partial charge < -0.3 is 10.1 Å². The van der Waals surface area contributed by atoms with Crippen LogP contribution in [0.5, 0.6) is 0 Å². The maximum atomic E-state index is 6.17. The summed E-state index contributed by atoms with van der Waals surface area (Å²) in [6, 6.07) is 9.10. The molecular formula is C15H22BrNO. The van der Waals surface area contributed by atoms with E-state index in [1.807, 2.05) is 6.07 Å². The lowest BCUT2D eigenvalue weighted by Crippen LogP contribution is -2.31. The molecule has 0 spiro atoms. The van der Waals surface area contributed by atoms with E-state index in [9.17, 15) is 0 Å². The van der Waals surface area contributed by atoms with Crippen LogP contribution in [0.3, 0.4) is 0 Å². The zero-order chi connectivity index (χ0) is 13.2. The lowest BCUT2D eigenvalue weighted by atomic mass is 10.1. The molecule has 1 aromatic rings. The summed E-state index contributed by atoms with van der Waals surface area (Å²) in [6.45, 7) is 7.21. The van der Waals surface area contributed by atoms with E-state index in [4.69, 9.17) is 4.74 Å². The van der Waals surface area contributed by atoms with Gasteiger partial charge in [0.1, 0.15) is 0 Å². The van der Waals surface area contributed by atoms with Gasteiger partial charge in [0.25, 0.3) is 0 Å². The Hall–Kier alpha value is -0.380. The Morgan fingerprint density at radius 3 is 2.67 bits per heavy atom. The van der Waals surface area contributed by atoms with E-state index in [0.29, 0.717) is 6.04 Å². The van der Waals surface area contributed by atoms with Gasteiger partial charge >= 0.3 is 0 Å². The molecule has 3 heteroatoms. The minimum Gasteiger partial charge on any atom is -0.367 e. The highest BCUT2D eigenvalue weighted by molar-refractivity contribution is 9.10. The van der Waals surface area contributed by atoms with Crippen LogP contribution in [0.2, 0.25) is 0 Å². The van der Waals surface area contributed by atoms with Crippen molar-refractivity contribution >= 4 is 15.9 Å². The second-order valence-electron chi connectivity index (χ2n) is 5.96. The van der Waals surface area contributed by atoms with E-state index < -0.39 is 0 Å². The van der Waals surface area contributed by atoms with Gasteiger partial charge in [-0.15, -0.1) is 0 Å². The van der Waals surface area contributed by atoms with Crippen molar-refractivity contribution in [3.8, 4) is 0 Å². The summed E-state index contributed by atoms with van der Waals surface area (Å²) in [5.74, 6) is 0. The second kappa shape index (κ2) is 5.72. The van der Waals surface area contributed by atoms with Crippen LogP contribution in [0.25, 0.3) is 0 Å². The van der Waals surface area contributed by atoms with Gasteiger partial charge in [-0.25, -0.2) is 0 Å². The van der Waals surface area contributed by atoms with Crippen molar-refractivity contribution in [2.45, 2.75) is 51.4 Å². The average molecular weight is 312 g/mol. The fraction of sp³-hybridized carbons (Fsp3) is 0.600.